The van der Waals surface area contributed by atoms with E-state index in [9.17, 15) is 4.79 Å². The van der Waals surface area contributed by atoms with Gasteiger partial charge in [-0.2, -0.15) is 0 Å². The number of rotatable bonds is 7. The van der Waals surface area contributed by atoms with Gasteiger partial charge in [0.1, 0.15) is 5.78 Å². The molecule has 0 bridgehead atoms. The van der Waals surface area contributed by atoms with Crippen molar-refractivity contribution in [1.29, 1.82) is 0 Å². The van der Waals surface area contributed by atoms with E-state index in [1.807, 2.05) is 6.92 Å². The number of hydrogen-bond donors (Lipinski definition) is 1. The van der Waals surface area contributed by atoms with Gasteiger partial charge in [-0.15, -0.1) is 0 Å². The minimum Gasteiger partial charge on any atom is -0.327 e. The van der Waals surface area contributed by atoms with Crippen LogP contribution in [0.4, 0.5) is 0 Å². The third-order valence-electron chi connectivity index (χ3n) is 2.10. The zero-order valence-electron chi connectivity index (χ0n) is 8.81. The summed E-state index contributed by atoms with van der Waals surface area (Å²) < 4.78 is 0. The average Bonchev–Trinajstić information content (AvgIpc) is 2.04. The van der Waals surface area contributed by atoms with E-state index < -0.39 is 0 Å². The quantitative estimate of drug-likeness (QED) is 0.616. The Labute approximate surface area is 81.2 Å². The number of nitrogens with two attached hydrogens (primary N) is 1. The fourth-order valence-electron chi connectivity index (χ4n) is 1.24. The molecule has 0 saturated heterocycles. The molecule has 0 rings (SSSR count). The van der Waals surface area contributed by atoms with Gasteiger partial charge in [-0.05, 0) is 12.8 Å². The molecule has 0 amide bonds. The average molecular weight is 183 g/mol. The SMILES string of the molecule is C=C(CC)CC(=O)CC(N)CCC. The molecule has 0 radical (unpaired) electrons. The molecule has 2 nitrogen and oxygen atoms in total. The van der Waals surface area contributed by atoms with Gasteiger partial charge in [0.05, 0.1) is 0 Å². The number of hydrogen-bond acceptors (Lipinski definition) is 2. The van der Waals surface area contributed by atoms with E-state index in [1.165, 1.54) is 0 Å². The van der Waals surface area contributed by atoms with E-state index in [1.54, 1.807) is 0 Å². The smallest absolute Gasteiger partial charge is 0.138 e. The second-order valence-corrected chi connectivity index (χ2v) is 3.57. The Morgan fingerprint density at radius 3 is 2.54 bits per heavy atom. The van der Waals surface area contributed by atoms with Crippen molar-refractivity contribution in [3.63, 3.8) is 0 Å². The maximum Gasteiger partial charge on any atom is 0.138 e. The first-order valence-corrected chi connectivity index (χ1v) is 5.04. The second-order valence-electron chi connectivity index (χ2n) is 3.57. The van der Waals surface area contributed by atoms with Gasteiger partial charge in [-0.25, -0.2) is 0 Å². The molecule has 13 heavy (non-hydrogen) atoms. The molecule has 1 atom stereocenters. The van der Waals surface area contributed by atoms with Crippen molar-refractivity contribution in [2.24, 2.45) is 5.73 Å². The zero-order valence-corrected chi connectivity index (χ0v) is 8.81. The van der Waals surface area contributed by atoms with Gasteiger partial charge in [0.2, 0.25) is 0 Å². The van der Waals surface area contributed by atoms with E-state index in [-0.39, 0.29) is 11.8 Å². The van der Waals surface area contributed by atoms with Gasteiger partial charge < -0.3 is 5.73 Å². The van der Waals surface area contributed by atoms with E-state index in [2.05, 4.69) is 13.5 Å². The molecule has 0 aromatic carbocycles. The molecule has 0 spiro atoms. The van der Waals surface area contributed by atoms with Crippen molar-refractivity contribution in [3.8, 4) is 0 Å². The summed E-state index contributed by atoms with van der Waals surface area (Å²) in [6, 6.07) is 0.0437. The number of Topliss-reactive ketones (excluding diaryl/α,β-unsaturated/α-hetero) is 1. The van der Waals surface area contributed by atoms with Gasteiger partial charge in [0.15, 0.2) is 0 Å². The Kier molecular flexibility index (Phi) is 6.51. The van der Waals surface area contributed by atoms with Crippen LogP contribution >= 0.6 is 0 Å². The summed E-state index contributed by atoms with van der Waals surface area (Å²) in [5.41, 5.74) is 6.76. The largest absolute Gasteiger partial charge is 0.327 e. The molecular weight excluding hydrogens is 162 g/mol. The number of allylic oxidation sites excluding steroid dienone is 1. The third-order valence-corrected chi connectivity index (χ3v) is 2.10. The minimum atomic E-state index is 0.0437. The van der Waals surface area contributed by atoms with Crippen LogP contribution in [0.5, 0.6) is 0 Å². The summed E-state index contributed by atoms with van der Waals surface area (Å²) in [6.45, 7) is 7.90. The lowest BCUT2D eigenvalue weighted by atomic mass is 10.0. The zero-order chi connectivity index (χ0) is 10.3. The van der Waals surface area contributed by atoms with Crippen molar-refractivity contribution in [2.75, 3.05) is 0 Å². The van der Waals surface area contributed by atoms with Gasteiger partial charge in [0, 0.05) is 18.9 Å². The molecule has 2 N–H and O–H groups in total. The molecule has 0 aliphatic carbocycles. The monoisotopic (exact) mass is 183 g/mol. The maximum atomic E-state index is 11.4. The Bertz CT molecular complexity index is 175. The lowest BCUT2D eigenvalue weighted by molar-refractivity contribution is -0.118. The molecule has 0 aromatic heterocycles. The summed E-state index contributed by atoms with van der Waals surface area (Å²) in [4.78, 5) is 11.4. The fraction of sp³-hybridized carbons (Fsp3) is 0.727. The molecule has 0 saturated carbocycles. The van der Waals surface area contributed by atoms with E-state index in [0.29, 0.717) is 12.8 Å². The van der Waals surface area contributed by atoms with Crippen LogP contribution in [-0.4, -0.2) is 11.8 Å². The molecule has 0 heterocycles. The van der Waals surface area contributed by atoms with Crippen LogP contribution in [0.25, 0.3) is 0 Å². The van der Waals surface area contributed by atoms with E-state index in [0.717, 1.165) is 24.8 Å². The lowest BCUT2D eigenvalue weighted by Gasteiger charge is -2.09. The molecule has 76 valence electrons. The summed E-state index contributed by atoms with van der Waals surface area (Å²) in [5, 5.41) is 0. The lowest BCUT2D eigenvalue weighted by Crippen LogP contribution is -2.23. The fourth-order valence-corrected chi connectivity index (χ4v) is 1.24. The first-order valence-electron chi connectivity index (χ1n) is 5.04. The third kappa shape index (κ3) is 6.52. The van der Waals surface area contributed by atoms with Crippen LogP contribution in [-0.2, 0) is 4.79 Å². The molecule has 2 heteroatoms. The topological polar surface area (TPSA) is 43.1 Å². The van der Waals surface area contributed by atoms with Crippen molar-refractivity contribution >= 4 is 5.78 Å². The molecule has 0 aromatic rings. The van der Waals surface area contributed by atoms with Gasteiger partial charge in [-0.3, -0.25) is 4.79 Å². The van der Waals surface area contributed by atoms with Crippen LogP contribution in [0.1, 0.15) is 46.0 Å². The van der Waals surface area contributed by atoms with Crippen LogP contribution in [0, 0.1) is 0 Å². The highest BCUT2D eigenvalue weighted by molar-refractivity contribution is 5.81. The van der Waals surface area contributed by atoms with Crippen LogP contribution in [0.3, 0.4) is 0 Å². The highest BCUT2D eigenvalue weighted by atomic mass is 16.1. The Morgan fingerprint density at radius 1 is 1.46 bits per heavy atom. The Morgan fingerprint density at radius 2 is 2.08 bits per heavy atom. The highest BCUT2D eigenvalue weighted by Gasteiger charge is 2.08. The number of ketones is 1. The first kappa shape index (κ1) is 12.4. The minimum absolute atomic E-state index is 0.0437. The number of carbonyl (C=O) groups excluding carboxylic acids is 1. The van der Waals surface area contributed by atoms with Crippen molar-refractivity contribution < 1.29 is 4.79 Å². The van der Waals surface area contributed by atoms with Crippen LogP contribution < -0.4 is 5.73 Å². The maximum absolute atomic E-state index is 11.4. The molecule has 0 aliphatic rings. The first-order chi connectivity index (χ1) is 6.10. The molecular formula is C11H21NO. The molecule has 1 unspecified atom stereocenters. The predicted octanol–water partition coefficient (Wildman–Crippen LogP) is 2.43. The molecule has 0 fully saturated rings. The summed E-state index contributed by atoms with van der Waals surface area (Å²) >= 11 is 0. The molecule has 0 aliphatic heterocycles. The Hall–Kier alpha value is -0.630. The summed E-state index contributed by atoms with van der Waals surface area (Å²) in [5.74, 6) is 0.229. The van der Waals surface area contributed by atoms with E-state index in [4.69, 9.17) is 5.73 Å². The van der Waals surface area contributed by atoms with Crippen molar-refractivity contribution in [3.05, 3.63) is 12.2 Å². The predicted molar refractivity (Wildman–Crippen MR) is 56.6 cm³/mol. The normalized spacial score (nSPS) is 12.5. The van der Waals surface area contributed by atoms with Crippen molar-refractivity contribution in [2.45, 2.75) is 52.0 Å². The van der Waals surface area contributed by atoms with E-state index >= 15 is 0 Å². The summed E-state index contributed by atoms with van der Waals surface area (Å²) in [6.07, 6.45) is 3.88. The standard InChI is InChI=1S/C11H21NO/c1-4-6-10(12)8-11(13)7-9(3)5-2/h10H,3-8,12H2,1-2H3. The summed E-state index contributed by atoms with van der Waals surface area (Å²) in [7, 11) is 0. The van der Waals surface area contributed by atoms with Gasteiger partial charge >= 0.3 is 0 Å². The van der Waals surface area contributed by atoms with Crippen LogP contribution in [0.15, 0.2) is 12.2 Å². The number of carbonyl (C=O) groups is 1. The Balaban J connectivity index is 3.67. The van der Waals surface area contributed by atoms with Gasteiger partial charge in [0.25, 0.3) is 0 Å². The van der Waals surface area contributed by atoms with Crippen molar-refractivity contribution in [1.82, 2.24) is 0 Å². The van der Waals surface area contributed by atoms with Crippen LogP contribution in [0.2, 0.25) is 0 Å². The second kappa shape index (κ2) is 6.84. The highest BCUT2D eigenvalue weighted by Crippen LogP contribution is 2.08. The van der Waals surface area contributed by atoms with Gasteiger partial charge in [-0.1, -0.05) is 32.4 Å².